The van der Waals surface area contributed by atoms with Crippen molar-refractivity contribution in [3.05, 3.63) is 77.4 Å². The zero-order chi connectivity index (χ0) is 22.0. The molecule has 5 nitrogen and oxygen atoms in total. The molecule has 0 aliphatic carbocycles. The number of hydrogen-bond donors (Lipinski definition) is 0. The fraction of sp³-hybridized carbons (Fsp3) is 0.250. The Hall–Kier alpha value is -3.48. The standard InChI is InChI=1S/C24H22F2N2O3/c1-30-22-12-11-18(23(27-22)31-2)15-5-7-16(8-6-15)24(29)28-13-3-4-21(28)19-10-9-17(25)14-20(19)26/h5-12,14,21H,3-4,13H2,1-2H3/t21-/m1/s1. The molecule has 1 aromatic heterocycles. The summed E-state index contributed by atoms with van der Waals surface area (Å²) in [5.41, 5.74) is 2.46. The van der Waals surface area contributed by atoms with Crippen molar-refractivity contribution in [2.24, 2.45) is 0 Å². The summed E-state index contributed by atoms with van der Waals surface area (Å²) in [5.74, 6) is -0.571. The maximum Gasteiger partial charge on any atom is 0.254 e. The van der Waals surface area contributed by atoms with Gasteiger partial charge in [-0.2, -0.15) is 4.98 Å². The number of amides is 1. The third-order valence-corrected chi connectivity index (χ3v) is 5.52. The van der Waals surface area contributed by atoms with E-state index in [-0.39, 0.29) is 5.91 Å². The molecule has 0 bridgehead atoms. The van der Waals surface area contributed by atoms with Gasteiger partial charge in [0.2, 0.25) is 11.8 Å². The molecule has 0 radical (unpaired) electrons. The number of halogens is 2. The minimum atomic E-state index is -0.629. The molecule has 3 aromatic rings. The highest BCUT2D eigenvalue weighted by atomic mass is 19.1. The van der Waals surface area contributed by atoms with Crippen molar-refractivity contribution in [1.29, 1.82) is 0 Å². The largest absolute Gasteiger partial charge is 0.481 e. The lowest BCUT2D eigenvalue weighted by Gasteiger charge is -2.25. The van der Waals surface area contributed by atoms with Gasteiger partial charge in [-0.15, -0.1) is 0 Å². The molecule has 7 heteroatoms. The predicted octanol–water partition coefficient (Wildman–Crippen LogP) is 5.02. The van der Waals surface area contributed by atoms with Gasteiger partial charge in [-0.05, 0) is 42.7 Å². The van der Waals surface area contributed by atoms with Gasteiger partial charge in [0.15, 0.2) is 0 Å². The fourth-order valence-corrected chi connectivity index (χ4v) is 3.98. The molecular formula is C24H22F2N2O3. The van der Waals surface area contributed by atoms with Crippen molar-refractivity contribution < 1.29 is 23.0 Å². The molecule has 160 valence electrons. The Morgan fingerprint density at radius 1 is 1.03 bits per heavy atom. The number of likely N-dealkylation sites (tertiary alicyclic amines) is 1. The van der Waals surface area contributed by atoms with Gasteiger partial charge in [0.1, 0.15) is 11.6 Å². The first-order chi connectivity index (χ1) is 15.0. The molecule has 1 fully saturated rings. The number of hydrogen-bond acceptors (Lipinski definition) is 4. The van der Waals surface area contributed by atoms with Crippen LogP contribution in [0.25, 0.3) is 11.1 Å². The molecule has 0 saturated carbocycles. The highest BCUT2D eigenvalue weighted by molar-refractivity contribution is 5.95. The highest BCUT2D eigenvalue weighted by Gasteiger charge is 2.32. The second-order valence-electron chi connectivity index (χ2n) is 7.31. The Bertz CT molecular complexity index is 1100. The summed E-state index contributed by atoms with van der Waals surface area (Å²) >= 11 is 0. The van der Waals surface area contributed by atoms with Gasteiger partial charge in [0.25, 0.3) is 5.91 Å². The van der Waals surface area contributed by atoms with Crippen molar-refractivity contribution in [1.82, 2.24) is 9.88 Å². The van der Waals surface area contributed by atoms with E-state index < -0.39 is 17.7 Å². The van der Waals surface area contributed by atoms with Gasteiger partial charge >= 0.3 is 0 Å². The molecule has 1 saturated heterocycles. The van der Waals surface area contributed by atoms with Crippen molar-refractivity contribution in [2.75, 3.05) is 20.8 Å². The lowest BCUT2D eigenvalue weighted by atomic mass is 10.0. The summed E-state index contributed by atoms with van der Waals surface area (Å²) in [4.78, 5) is 19.1. The van der Waals surface area contributed by atoms with Gasteiger partial charge in [-0.1, -0.05) is 18.2 Å². The van der Waals surface area contributed by atoms with Crippen molar-refractivity contribution in [3.63, 3.8) is 0 Å². The first-order valence-corrected chi connectivity index (χ1v) is 9.97. The molecule has 31 heavy (non-hydrogen) atoms. The summed E-state index contributed by atoms with van der Waals surface area (Å²) in [6.07, 6.45) is 1.40. The van der Waals surface area contributed by atoms with Crippen LogP contribution in [0.3, 0.4) is 0 Å². The smallest absolute Gasteiger partial charge is 0.254 e. The number of benzene rings is 2. The summed E-state index contributed by atoms with van der Waals surface area (Å²) in [6.45, 7) is 0.526. The maximum absolute atomic E-state index is 14.3. The van der Waals surface area contributed by atoms with Gasteiger partial charge in [0.05, 0.1) is 20.3 Å². The maximum atomic E-state index is 14.3. The number of aromatic nitrogens is 1. The van der Waals surface area contributed by atoms with Crippen LogP contribution in [-0.4, -0.2) is 36.6 Å². The van der Waals surface area contributed by atoms with Crippen molar-refractivity contribution in [2.45, 2.75) is 18.9 Å². The Morgan fingerprint density at radius 2 is 1.81 bits per heavy atom. The Morgan fingerprint density at radius 3 is 2.48 bits per heavy atom. The molecular weight excluding hydrogens is 402 g/mol. The molecule has 1 atom stereocenters. The van der Waals surface area contributed by atoms with E-state index in [2.05, 4.69) is 4.98 Å². The number of pyridine rings is 1. The van der Waals surface area contributed by atoms with Gasteiger partial charge in [-0.3, -0.25) is 4.79 Å². The second-order valence-corrected chi connectivity index (χ2v) is 7.31. The topological polar surface area (TPSA) is 51.7 Å². The van der Waals surface area contributed by atoms with Crippen LogP contribution in [0.1, 0.15) is 34.8 Å². The summed E-state index contributed by atoms with van der Waals surface area (Å²) in [6, 6.07) is 13.8. The third-order valence-electron chi connectivity index (χ3n) is 5.52. The van der Waals surface area contributed by atoms with Crippen LogP contribution < -0.4 is 9.47 Å². The van der Waals surface area contributed by atoms with E-state index >= 15 is 0 Å². The lowest BCUT2D eigenvalue weighted by molar-refractivity contribution is 0.0733. The van der Waals surface area contributed by atoms with Crippen LogP contribution in [-0.2, 0) is 0 Å². The molecule has 1 amide bonds. The average Bonchev–Trinajstić information content (AvgIpc) is 3.27. The number of methoxy groups -OCH3 is 2. The van der Waals surface area contributed by atoms with Crippen LogP contribution in [0.15, 0.2) is 54.6 Å². The highest BCUT2D eigenvalue weighted by Crippen LogP contribution is 2.35. The third kappa shape index (κ3) is 4.08. The predicted molar refractivity (Wildman–Crippen MR) is 112 cm³/mol. The van der Waals surface area contributed by atoms with E-state index in [1.54, 1.807) is 23.1 Å². The molecule has 0 N–H and O–H groups in total. The van der Waals surface area contributed by atoms with E-state index in [9.17, 15) is 13.6 Å². The summed E-state index contributed by atoms with van der Waals surface area (Å²) in [7, 11) is 3.07. The monoisotopic (exact) mass is 424 g/mol. The van der Waals surface area contributed by atoms with Crippen LogP contribution in [0.4, 0.5) is 8.78 Å². The second kappa shape index (κ2) is 8.71. The Balaban J connectivity index is 1.58. The molecule has 0 unspecified atom stereocenters. The summed E-state index contributed by atoms with van der Waals surface area (Å²) < 4.78 is 38.1. The lowest BCUT2D eigenvalue weighted by Crippen LogP contribution is -2.31. The number of nitrogens with zero attached hydrogens (tertiary/aromatic N) is 2. The number of ether oxygens (including phenoxy) is 2. The first-order valence-electron chi connectivity index (χ1n) is 9.97. The Kier molecular flexibility index (Phi) is 5.84. The average molecular weight is 424 g/mol. The van der Waals surface area contributed by atoms with E-state index in [1.165, 1.54) is 26.4 Å². The van der Waals surface area contributed by atoms with Gasteiger partial charge < -0.3 is 14.4 Å². The fourth-order valence-electron chi connectivity index (χ4n) is 3.98. The van der Waals surface area contributed by atoms with Crippen LogP contribution in [0.2, 0.25) is 0 Å². The SMILES string of the molecule is COc1ccc(-c2ccc(C(=O)N3CCC[C@@H]3c3ccc(F)cc3F)cc2)c(OC)n1. The van der Waals surface area contributed by atoms with Crippen molar-refractivity contribution >= 4 is 5.91 Å². The minimum absolute atomic E-state index is 0.183. The molecule has 0 spiro atoms. The van der Waals surface area contributed by atoms with E-state index in [1.807, 2.05) is 18.2 Å². The summed E-state index contributed by atoms with van der Waals surface area (Å²) in [5, 5.41) is 0. The van der Waals surface area contributed by atoms with Gasteiger partial charge in [0, 0.05) is 35.4 Å². The van der Waals surface area contributed by atoms with Gasteiger partial charge in [-0.25, -0.2) is 8.78 Å². The number of rotatable bonds is 5. The minimum Gasteiger partial charge on any atom is -0.481 e. The molecule has 2 aromatic carbocycles. The molecule has 1 aliphatic heterocycles. The van der Waals surface area contributed by atoms with E-state index in [0.717, 1.165) is 23.6 Å². The number of carbonyl (C=O) groups is 1. The van der Waals surface area contributed by atoms with Crippen LogP contribution >= 0.6 is 0 Å². The number of carbonyl (C=O) groups excluding carboxylic acids is 1. The van der Waals surface area contributed by atoms with Crippen LogP contribution in [0.5, 0.6) is 11.8 Å². The van der Waals surface area contributed by atoms with E-state index in [4.69, 9.17) is 9.47 Å². The quantitative estimate of drug-likeness (QED) is 0.577. The first kappa shape index (κ1) is 20.8. The molecule has 2 heterocycles. The van der Waals surface area contributed by atoms with Crippen molar-refractivity contribution in [3.8, 4) is 22.9 Å². The van der Waals surface area contributed by atoms with E-state index in [0.29, 0.717) is 35.9 Å². The molecule has 1 aliphatic rings. The normalized spacial score (nSPS) is 15.7. The molecule has 4 rings (SSSR count). The van der Waals surface area contributed by atoms with Crippen LogP contribution in [0, 0.1) is 11.6 Å². The zero-order valence-electron chi connectivity index (χ0n) is 17.3. The zero-order valence-corrected chi connectivity index (χ0v) is 17.3. The Labute approximate surface area is 179 Å².